The molecule has 11 heavy (non-hydrogen) atoms. The molecule has 0 fully saturated rings. The molecule has 3 aliphatic carbocycles. The summed E-state index contributed by atoms with van der Waals surface area (Å²) in [5.41, 5.74) is 9.93. The Labute approximate surface area is 65.5 Å². The Bertz CT molecular complexity index is 422. The second-order valence-corrected chi connectivity index (χ2v) is 3.75. The molecule has 0 unspecified atom stereocenters. The van der Waals surface area contributed by atoms with Crippen molar-refractivity contribution in [3.05, 3.63) is 33.4 Å². The molecule has 1 aromatic rings. The summed E-state index contributed by atoms with van der Waals surface area (Å²) in [6, 6.07) is 0. The van der Waals surface area contributed by atoms with E-state index < -0.39 is 0 Å². The van der Waals surface area contributed by atoms with Crippen LogP contribution in [0.15, 0.2) is 0 Å². The van der Waals surface area contributed by atoms with Gasteiger partial charge in [-0.3, -0.25) is 0 Å². The molecular formula is C11H8. The second-order valence-electron chi connectivity index (χ2n) is 3.75. The fraction of sp³-hybridized carbons (Fsp3) is 0.273. The largest absolute Gasteiger partial charge is 0.0535 e. The highest BCUT2D eigenvalue weighted by Gasteiger charge is 2.35. The van der Waals surface area contributed by atoms with Crippen molar-refractivity contribution in [2.24, 2.45) is 0 Å². The molecule has 0 spiro atoms. The Morgan fingerprint density at radius 2 is 1.45 bits per heavy atom. The maximum absolute atomic E-state index is 2.28. The third-order valence-corrected chi connectivity index (χ3v) is 3.30. The minimum absolute atomic E-state index is 1.31. The maximum Gasteiger partial charge on any atom is -0.00107 e. The van der Waals surface area contributed by atoms with Gasteiger partial charge in [-0.25, -0.2) is 0 Å². The van der Waals surface area contributed by atoms with E-state index in [1.54, 1.807) is 33.4 Å². The Balaban J connectivity index is 2.25. The SMILES string of the molecule is C1=Cc2c1c1c(c3c2C3)CC1. The van der Waals surface area contributed by atoms with Gasteiger partial charge in [0.05, 0.1) is 0 Å². The van der Waals surface area contributed by atoms with Crippen molar-refractivity contribution in [2.75, 3.05) is 0 Å². The van der Waals surface area contributed by atoms with Crippen LogP contribution in [0.5, 0.6) is 0 Å². The van der Waals surface area contributed by atoms with Gasteiger partial charge in [0.25, 0.3) is 0 Å². The second kappa shape index (κ2) is 1.18. The van der Waals surface area contributed by atoms with Gasteiger partial charge in [-0.2, -0.15) is 0 Å². The number of hydrogen-bond donors (Lipinski definition) is 0. The molecule has 1 aromatic carbocycles. The van der Waals surface area contributed by atoms with Gasteiger partial charge in [-0.05, 0) is 52.6 Å². The van der Waals surface area contributed by atoms with Crippen molar-refractivity contribution >= 4 is 12.2 Å². The first-order valence-electron chi connectivity index (χ1n) is 4.32. The van der Waals surface area contributed by atoms with Gasteiger partial charge in [0.2, 0.25) is 0 Å². The van der Waals surface area contributed by atoms with E-state index in [1.807, 2.05) is 0 Å². The van der Waals surface area contributed by atoms with Crippen molar-refractivity contribution in [2.45, 2.75) is 19.3 Å². The predicted octanol–water partition coefficient (Wildman–Crippen LogP) is 2.17. The van der Waals surface area contributed by atoms with E-state index in [0.29, 0.717) is 0 Å². The van der Waals surface area contributed by atoms with Crippen molar-refractivity contribution in [3.8, 4) is 0 Å². The van der Waals surface area contributed by atoms with E-state index in [-0.39, 0.29) is 0 Å². The minimum atomic E-state index is 1.31. The van der Waals surface area contributed by atoms with Crippen LogP contribution in [0.25, 0.3) is 12.2 Å². The van der Waals surface area contributed by atoms with Crippen LogP contribution in [0, 0.1) is 0 Å². The summed E-state index contributed by atoms with van der Waals surface area (Å²) < 4.78 is 0. The van der Waals surface area contributed by atoms with Gasteiger partial charge < -0.3 is 0 Å². The summed E-state index contributed by atoms with van der Waals surface area (Å²) in [5, 5.41) is 0. The van der Waals surface area contributed by atoms with Crippen molar-refractivity contribution in [1.82, 2.24) is 0 Å². The van der Waals surface area contributed by atoms with Gasteiger partial charge >= 0.3 is 0 Å². The fourth-order valence-corrected chi connectivity index (χ4v) is 2.46. The molecule has 0 aliphatic heterocycles. The Hall–Kier alpha value is -1.04. The van der Waals surface area contributed by atoms with E-state index in [4.69, 9.17) is 0 Å². The lowest BCUT2D eigenvalue weighted by Crippen LogP contribution is -2.13. The summed E-state index contributed by atoms with van der Waals surface area (Å²) in [6.07, 6.45) is 8.57. The monoisotopic (exact) mass is 140 g/mol. The van der Waals surface area contributed by atoms with Crippen LogP contribution in [0.3, 0.4) is 0 Å². The van der Waals surface area contributed by atoms with E-state index in [0.717, 1.165) is 0 Å². The molecule has 0 atom stereocenters. The lowest BCUT2D eigenvalue weighted by molar-refractivity contribution is 0.833. The van der Waals surface area contributed by atoms with Crippen LogP contribution in [-0.4, -0.2) is 0 Å². The molecule has 0 saturated carbocycles. The molecule has 0 aromatic heterocycles. The molecule has 0 radical (unpaired) electrons. The molecule has 52 valence electrons. The van der Waals surface area contributed by atoms with Crippen LogP contribution >= 0.6 is 0 Å². The standard InChI is InChI=1S/C11H8/c1-3-8-6(1)7-2-4-9(7)11-5-10(8)11/h1,3H,2,4-5H2. The smallest absolute Gasteiger partial charge is 0.00107 e. The van der Waals surface area contributed by atoms with Crippen LogP contribution in [0.2, 0.25) is 0 Å². The summed E-state index contributed by atoms with van der Waals surface area (Å²) >= 11 is 0. The summed E-state index contributed by atoms with van der Waals surface area (Å²) in [5.74, 6) is 0. The third-order valence-electron chi connectivity index (χ3n) is 3.30. The fourth-order valence-electron chi connectivity index (χ4n) is 2.46. The quantitative estimate of drug-likeness (QED) is 0.449. The van der Waals surface area contributed by atoms with Gasteiger partial charge in [0, 0.05) is 0 Å². The first kappa shape index (κ1) is 4.76. The molecule has 0 heteroatoms. The third kappa shape index (κ3) is 0.355. The lowest BCUT2D eigenvalue weighted by Gasteiger charge is -2.25. The zero-order valence-electron chi connectivity index (χ0n) is 6.28. The van der Waals surface area contributed by atoms with Crippen LogP contribution in [0.4, 0.5) is 0 Å². The molecule has 3 aliphatic rings. The number of benzene rings is 1. The highest BCUT2D eigenvalue weighted by Crippen LogP contribution is 2.48. The van der Waals surface area contributed by atoms with Gasteiger partial charge in [0.1, 0.15) is 0 Å². The summed E-state index contributed by atoms with van der Waals surface area (Å²) in [6.45, 7) is 0. The first-order valence-corrected chi connectivity index (χ1v) is 4.32. The number of hydrogen-bond acceptors (Lipinski definition) is 0. The van der Waals surface area contributed by atoms with Crippen LogP contribution < -0.4 is 0 Å². The Morgan fingerprint density at radius 1 is 0.727 bits per heavy atom. The van der Waals surface area contributed by atoms with Gasteiger partial charge in [0.15, 0.2) is 0 Å². The Kier molecular flexibility index (Phi) is 0.509. The molecular weight excluding hydrogens is 132 g/mol. The van der Waals surface area contributed by atoms with Crippen LogP contribution in [0.1, 0.15) is 33.4 Å². The molecule has 0 bridgehead atoms. The maximum atomic E-state index is 2.28. The van der Waals surface area contributed by atoms with Gasteiger partial charge in [-0.1, -0.05) is 12.2 Å². The topological polar surface area (TPSA) is 0 Å². The molecule has 0 nitrogen and oxygen atoms in total. The van der Waals surface area contributed by atoms with E-state index >= 15 is 0 Å². The molecule has 4 rings (SSSR count). The predicted molar refractivity (Wildman–Crippen MR) is 45.6 cm³/mol. The van der Waals surface area contributed by atoms with E-state index in [9.17, 15) is 0 Å². The van der Waals surface area contributed by atoms with Gasteiger partial charge in [-0.15, -0.1) is 0 Å². The first-order chi connectivity index (χ1) is 5.45. The zero-order chi connectivity index (χ0) is 7.00. The van der Waals surface area contributed by atoms with Crippen LogP contribution in [-0.2, 0) is 19.3 Å². The molecule has 0 heterocycles. The summed E-state index contributed by atoms with van der Waals surface area (Å²) in [7, 11) is 0. The Morgan fingerprint density at radius 3 is 2.09 bits per heavy atom. The average molecular weight is 140 g/mol. The highest BCUT2D eigenvalue weighted by molar-refractivity contribution is 5.93. The minimum Gasteiger partial charge on any atom is -0.0535 e. The number of fused-ring (bicyclic) bond motifs is 6. The average Bonchev–Trinajstić information content (AvgIpc) is 2.55. The van der Waals surface area contributed by atoms with Crippen molar-refractivity contribution in [1.29, 1.82) is 0 Å². The lowest BCUT2D eigenvalue weighted by atomic mass is 9.79. The molecule has 0 amide bonds. The van der Waals surface area contributed by atoms with E-state index in [2.05, 4.69) is 12.2 Å². The highest BCUT2D eigenvalue weighted by atomic mass is 14.4. The van der Waals surface area contributed by atoms with E-state index in [1.165, 1.54) is 19.3 Å². The molecule has 0 saturated heterocycles. The zero-order valence-corrected chi connectivity index (χ0v) is 6.28. The van der Waals surface area contributed by atoms with Crippen molar-refractivity contribution < 1.29 is 0 Å². The normalized spacial score (nSPS) is 19.3. The molecule has 0 N–H and O–H groups in total. The van der Waals surface area contributed by atoms with Crippen molar-refractivity contribution in [3.63, 3.8) is 0 Å². The number of rotatable bonds is 0. The summed E-state index contributed by atoms with van der Waals surface area (Å²) in [4.78, 5) is 0.